The number of methoxy groups -OCH3 is 1. The van der Waals surface area contributed by atoms with Crippen LogP contribution in [0.1, 0.15) is 65.2 Å². The predicted molar refractivity (Wildman–Crippen MR) is 110 cm³/mol. The van der Waals surface area contributed by atoms with Crippen molar-refractivity contribution in [3.63, 3.8) is 0 Å². The van der Waals surface area contributed by atoms with Crippen LogP contribution in [0.5, 0.6) is 0 Å². The number of hydrogen-bond acceptors (Lipinski definition) is 4. The van der Waals surface area contributed by atoms with Gasteiger partial charge in [0, 0.05) is 24.7 Å². The van der Waals surface area contributed by atoms with Crippen LogP contribution in [0.3, 0.4) is 0 Å². The van der Waals surface area contributed by atoms with Gasteiger partial charge in [0.15, 0.2) is 5.78 Å². The molecule has 0 spiro atoms. The summed E-state index contributed by atoms with van der Waals surface area (Å²) in [5.41, 5.74) is 1.43. The highest BCUT2D eigenvalue weighted by atomic mass is 16.5. The average Bonchev–Trinajstić information content (AvgIpc) is 3.20. The Balaban J connectivity index is 1.91. The second kappa shape index (κ2) is 11.2. The summed E-state index contributed by atoms with van der Waals surface area (Å²) in [6, 6.07) is 0. The molecule has 2 unspecified atom stereocenters. The van der Waals surface area contributed by atoms with E-state index in [-0.39, 0.29) is 29.7 Å². The first-order chi connectivity index (χ1) is 13.5. The maximum Gasteiger partial charge on any atom is 0.305 e. The van der Waals surface area contributed by atoms with Gasteiger partial charge in [0.1, 0.15) is 0 Å². The van der Waals surface area contributed by atoms with Crippen LogP contribution in [0.2, 0.25) is 0 Å². The van der Waals surface area contributed by atoms with Crippen LogP contribution in [-0.2, 0) is 14.3 Å². The number of rotatable bonds is 9. The third kappa shape index (κ3) is 6.07. The molecular weight excluding hydrogens is 352 g/mol. The van der Waals surface area contributed by atoms with Gasteiger partial charge in [0.25, 0.3) is 0 Å². The molecule has 0 aliphatic heterocycles. The lowest BCUT2D eigenvalue weighted by Gasteiger charge is -2.17. The highest BCUT2D eigenvalue weighted by Crippen LogP contribution is 2.50. The molecule has 2 saturated carbocycles. The zero-order valence-electron chi connectivity index (χ0n) is 17.4. The van der Waals surface area contributed by atoms with Crippen molar-refractivity contribution in [3.8, 4) is 11.8 Å². The number of aliphatic hydroxyl groups is 1. The van der Waals surface area contributed by atoms with Crippen LogP contribution < -0.4 is 0 Å². The van der Waals surface area contributed by atoms with Crippen LogP contribution >= 0.6 is 0 Å². The van der Waals surface area contributed by atoms with Crippen molar-refractivity contribution in [3.05, 3.63) is 23.8 Å². The van der Waals surface area contributed by atoms with E-state index in [1.807, 2.05) is 13.0 Å². The fourth-order valence-electron chi connectivity index (χ4n) is 4.61. The summed E-state index contributed by atoms with van der Waals surface area (Å²) in [6.07, 6.45) is 11.9. The minimum Gasteiger partial charge on any atom is -0.469 e. The molecule has 5 atom stereocenters. The number of ether oxygens (including phenoxy) is 1. The van der Waals surface area contributed by atoms with Gasteiger partial charge in [-0.1, -0.05) is 24.6 Å². The van der Waals surface area contributed by atoms with Crippen molar-refractivity contribution in [2.45, 2.75) is 71.3 Å². The van der Waals surface area contributed by atoms with Gasteiger partial charge in [0.05, 0.1) is 13.2 Å². The lowest BCUT2D eigenvalue weighted by Crippen LogP contribution is -2.18. The summed E-state index contributed by atoms with van der Waals surface area (Å²) in [6.45, 7) is 3.81. The normalized spacial score (nSPS) is 28.8. The van der Waals surface area contributed by atoms with Crippen molar-refractivity contribution in [2.24, 2.45) is 23.7 Å². The smallest absolute Gasteiger partial charge is 0.305 e. The Labute approximate surface area is 169 Å². The molecule has 2 fully saturated rings. The fraction of sp³-hybridized carbons (Fsp3) is 0.667. The molecular formula is C24H34O4. The minimum atomic E-state index is -0.351. The van der Waals surface area contributed by atoms with Gasteiger partial charge in [0.2, 0.25) is 0 Å². The number of allylic oxidation sites excluding steroid dienone is 3. The summed E-state index contributed by atoms with van der Waals surface area (Å²) in [5, 5.41) is 10.5. The number of carbonyl (C=O) groups is 2. The van der Waals surface area contributed by atoms with Crippen LogP contribution in [0.4, 0.5) is 0 Å². The Hall–Kier alpha value is -1.86. The molecule has 0 bridgehead atoms. The third-order valence-electron chi connectivity index (χ3n) is 6.26. The van der Waals surface area contributed by atoms with Crippen molar-refractivity contribution in [1.29, 1.82) is 0 Å². The summed E-state index contributed by atoms with van der Waals surface area (Å²) in [7, 11) is 1.42. The van der Waals surface area contributed by atoms with Crippen molar-refractivity contribution >= 4 is 11.8 Å². The van der Waals surface area contributed by atoms with Gasteiger partial charge in [-0.2, -0.15) is 0 Å². The molecule has 0 aromatic rings. The van der Waals surface area contributed by atoms with Gasteiger partial charge >= 0.3 is 5.97 Å². The molecule has 0 saturated heterocycles. The summed E-state index contributed by atoms with van der Waals surface area (Å²) in [5.74, 6) is 6.76. The van der Waals surface area contributed by atoms with Crippen LogP contribution in [-0.4, -0.2) is 30.1 Å². The lowest BCUT2D eigenvalue weighted by molar-refractivity contribution is -0.140. The van der Waals surface area contributed by atoms with Gasteiger partial charge in [-0.25, -0.2) is 0 Å². The number of unbranched alkanes of at least 4 members (excludes halogenated alkanes) is 1. The highest BCUT2D eigenvalue weighted by Gasteiger charge is 2.45. The van der Waals surface area contributed by atoms with Crippen molar-refractivity contribution in [2.75, 3.05) is 7.11 Å². The number of hydrogen-bond donors (Lipinski definition) is 1. The SMILES string of the molecule is CC#CCC(CC)C(=O)/C=C/[C@H]1[C@H](O)CC2C/C(=C\CCCC(=O)OC)C[C@@H]21. The third-order valence-corrected chi connectivity index (χ3v) is 6.26. The number of esters is 1. The van der Waals surface area contributed by atoms with Crippen LogP contribution in [0.25, 0.3) is 0 Å². The second-order valence-corrected chi connectivity index (χ2v) is 8.04. The number of ketones is 1. The molecule has 0 amide bonds. The first-order valence-corrected chi connectivity index (χ1v) is 10.5. The zero-order valence-corrected chi connectivity index (χ0v) is 17.4. The Morgan fingerprint density at radius 1 is 1.36 bits per heavy atom. The number of aliphatic hydroxyl groups excluding tert-OH is 1. The monoisotopic (exact) mass is 386 g/mol. The average molecular weight is 387 g/mol. The fourth-order valence-corrected chi connectivity index (χ4v) is 4.61. The standard InChI is InChI=1S/C24H34O4/c1-4-6-10-18(5-2)22(25)13-12-20-21-15-17(14-19(21)16-23(20)26)9-7-8-11-24(27)28-3/h9,12-13,18-21,23,26H,5,7-8,10-11,14-16H2,1-3H3/b13-12+,17-9+/t18?,19?,20-,21+,23-/m1/s1. The second-order valence-electron chi connectivity index (χ2n) is 8.04. The largest absolute Gasteiger partial charge is 0.469 e. The Morgan fingerprint density at radius 2 is 2.14 bits per heavy atom. The molecule has 4 nitrogen and oxygen atoms in total. The summed E-state index contributed by atoms with van der Waals surface area (Å²) in [4.78, 5) is 23.7. The molecule has 0 aromatic heterocycles. The number of fused-ring (bicyclic) bond motifs is 1. The zero-order chi connectivity index (χ0) is 20.5. The molecule has 0 aromatic carbocycles. The molecule has 2 rings (SSSR count). The maximum absolute atomic E-state index is 12.5. The van der Waals surface area contributed by atoms with Gasteiger partial charge < -0.3 is 9.84 Å². The summed E-state index contributed by atoms with van der Waals surface area (Å²) < 4.78 is 4.67. The van der Waals surface area contributed by atoms with E-state index >= 15 is 0 Å². The van der Waals surface area contributed by atoms with E-state index in [0.29, 0.717) is 24.7 Å². The Kier molecular flexibility index (Phi) is 8.99. The van der Waals surface area contributed by atoms with E-state index in [1.165, 1.54) is 12.7 Å². The maximum atomic E-state index is 12.5. The lowest BCUT2D eigenvalue weighted by atomic mass is 9.89. The van der Waals surface area contributed by atoms with E-state index < -0.39 is 0 Å². The quantitative estimate of drug-likeness (QED) is 0.212. The molecule has 1 N–H and O–H groups in total. The number of carbonyl (C=O) groups excluding carboxylic acids is 2. The van der Waals surface area contributed by atoms with Crippen LogP contribution in [0, 0.1) is 35.5 Å². The minimum absolute atomic E-state index is 0.0492. The molecule has 0 radical (unpaired) electrons. The molecule has 2 aliphatic rings. The first kappa shape index (κ1) is 22.4. The van der Waals surface area contributed by atoms with E-state index in [0.717, 1.165) is 38.5 Å². The molecule has 154 valence electrons. The van der Waals surface area contributed by atoms with E-state index in [2.05, 4.69) is 22.7 Å². The summed E-state index contributed by atoms with van der Waals surface area (Å²) >= 11 is 0. The predicted octanol–water partition coefficient (Wildman–Crippen LogP) is 4.23. The van der Waals surface area contributed by atoms with E-state index in [9.17, 15) is 14.7 Å². The first-order valence-electron chi connectivity index (χ1n) is 10.5. The van der Waals surface area contributed by atoms with Gasteiger partial charge in [-0.3, -0.25) is 9.59 Å². The molecule has 2 aliphatic carbocycles. The van der Waals surface area contributed by atoms with Crippen molar-refractivity contribution < 1.29 is 19.4 Å². The van der Waals surface area contributed by atoms with Crippen molar-refractivity contribution in [1.82, 2.24) is 0 Å². The molecule has 28 heavy (non-hydrogen) atoms. The van der Waals surface area contributed by atoms with Crippen LogP contribution in [0.15, 0.2) is 23.8 Å². The molecule has 4 heteroatoms. The topological polar surface area (TPSA) is 63.6 Å². The molecule has 0 heterocycles. The van der Waals surface area contributed by atoms with Gasteiger partial charge in [-0.15, -0.1) is 11.8 Å². The van der Waals surface area contributed by atoms with Gasteiger partial charge in [-0.05, 0) is 63.4 Å². The van der Waals surface area contributed by atoms with E-state index in [1.54, 1.807) is 13.0 Å². The highest BCUT2D eigenvalue weighted by molar-refractivity contribution is 5.91. The Bertz CT molecular complexity index is 664. The Morgan fingerprint density at radius 3 is 2.82 bits per heavy atom. The van der Waals surface area contributed by atoms with E-state index in [4.69, 9.17) is 0 Å².